The molecular formula is C16H25ClN2. The van der Waals surface area contributed by atoms with Crippen LogP contribution in [0.15, 0.2) is 24.3 Å². The zero-order valence-electron chi connectivity index (χ0n) is 12.2. The predicted molar refractivity (Wildman–Crippen MR) is 83.7 cm³/mol. The van der Waals surface area contributed by atoms with Gasteiger partial charge in [-0.2, -0.15) is 0 Å². The minimum atomic E-state index is 0.0172. The monoisotopic (exact) mass is 280 g/mol. The number of halogens is 1. The van der Waals surface area contributed by atoms with Crippen molar-refractivity contribution in [3.8, 4) is 0 Å². The number of benzene rings is 1. The van der Waals surface area contributed by atoms with Gasteiger partial charge < -0.3 is 11.1 Å². The Morgan fingerprint density at radius 2 is 1.89 bits per heavy atom. The van der Waals surface area contributed by atoms with E-state index in [-0.39, 0.29) is 5.54 Å². The summed E-state index contributed by atoms with van der Waals surface area (Å²) in [4.78, 5) is 0. The smallest absolute Gasteiger partial charge is 0.0521 e. The Bertz CT molecular complexity index is 427. The molecule has 0 spiro atoms. The van der Waals surface area contributed by atoms with Gasteiger partial charge in [0, 0.05) is 17.3 Å². The molecule has 0 amide bonds. The molecule has 2 rings (SSSR count). The van der Waals surface area contributed by atoms with Gasteiger partial charge >= 0.3 is 0 Å². The topological polar surface area (TPSA) is 38.0 Å². The van der Waals surface area contributed by atoms with E-state index in [1.165, 1.54) is 12.8 Å². The van der Waals surface area contributed by atoms with E-state index < -0.39 is 0 Å². The van der Waals surface area contributed by atoms with Crippen LogP contribution in [-0.2, 0) is 0 Å². The van der Waals surface area contributed by atoms with E-state index in [1.54, 1.807) is 0 Å². The molecule has 3 N–H and O–H groups in total. The lowest BCUT2D eigenvalue weighted by Crippen LogP contribution is -2.54. The van der Waals surface area contributed by atoms with Crippen molar-refractivity contribution in [2.75, 3.05) is 11.9 Å². The number of nitrogens with two attached hydrogens (primary N) is 1. The van der Waals surface area contributed by atoms with E-state index in [4.69, 9.17) is 17.3 Å². The first-order valence-electron chi connectivity index (χ1n) is 7.11. The quantitative estimate of drug-likeness (QED) is 0.866. The van der Waals surface area contributed by atoms with Crippen LogP contribution in [0.2, 0.25) is 5.02 Å². The third kappa shape index (κ3) is 3.24. The molecule has 1 aliphatic rings. The van der Waals surface area contributed by atoms with Gasteiger partial charge in [-0.15, -0.1) is 0 Å². The van der Waals surface area contributed by atoms with Crippen molar-refractivity contribution in [2.24, 2.45) is 17.1 Å². The van der Waals surface area contributed by atoms with Crippen LogP contribution in [-0.4, -0.2) is 12.1 Å². The molecule has 0 saturated heterocycles. The van der Waals surface area contributed by atoms with Crippen molar-refractivity contribution >= 4 is 17.3 Å². The van der Waals surface area contributed by atoms with Crippen molar-refractivity contribution in [1.82, 2.24) is 0 Å². The van der Waals surface area contributed by atoms with Gasteiger partial charge in [0.25, 0.3) is 0 Å². The molecule has 1 aliphatic carbocycles. The largest absolute Gasteiger partial charge is 0.378 e. The second-order valence-electron chi connectivity index (χ2n) is 6.76. The zero-order chi connectivity index (χ0) is 14.1. The Morgan fingerprint density at radius 1 is 1.26 bits per heavy atom. The number of hydrogen-bond donors (Lipinski definition) is 2. The van der Waals surface area contributed by atoms with Gasteiger partial charge in [0.2, 0.25) is 0 Å². The number of anilines is 1. The van der Waals surface area contributed by atoms with Gasteiger partial charge in [-0.3, -0.25) is 0 Å². The molecule has 2 atom stereocenters. The molecular weight excluding hydrogens is 256 g/mol. The van der Waals surface area contributed by atoms with Crippen LogP contribution in [0.1, 0.15) is 40.0 Å². The minimum absolute atomic E-state index is 0.0172. The Kier molecular flexibility index (Phi) is 4.12. The molecule has 0 heterocycles. The highest BCUT2D eigenvalue weighted by Crippen LogP contribution is 2.44. The zero-order valence-corrected chi connectivity index (χ0v) is 12.9. The Hall–Kier alpha value is -0.730. The van der Waals surface area contributed by atoms with Crippen LogP contribution < -0.4 is 11.1 Å². The summed E-state index contributed by atoms with van der Waals surface area (Å²) in [6.45, 7) is 7.70. The standard InChI is InChI=1S/C16H25ClN2/c1-12-10-15(2,3)8-9-16(12,11-18)19-14-6-4-13(17)5-7-14/h4-7,12,19H,8-11,18H2,1-3H3. The molecule has 1 fully saturated rings. The van der Waals surface area contributed by atoms with E-state index in [0.29, 0.717) is 17.9 Å². The van der Waals surface area contributed by atoms with Crippen molar-refractivity contribution < 1.29 is 0 Å². The van der Waals surface area contributed by atoms with E-state index in [0.717, 1.165) is 17.1 Å². The Balaban J connectivity index is 2.17. The summed E-state index contributed by atoms with van der Waals surface area (Å²) in [6, 6.07) is 7.91. The Morgan fingerprint density at radius 3 is 2.42 bits per heavy atom. The first-order chi connectivity index (χ1) is 8.87. The molecule has 1 aromatic carbocycles. The minimum Gasteiger partial charge on any atom is -0.378 e. The first-order valence-corrected chi connectivity index (χ1v) is 7.49. The van der Waals surface area contributed by atoms with Crippen molar-refractivity contribution in [3.05, 3.63) is 29.3 Å². The molecule has 1 saturated carbocycles. The average Bonchev–Trinajstić information content (AvgIpc) is 2.35. The summed E-state index contributed by atoms with van der Waals surface area (Å²) in [7, 11) is 0. The van der Waals surface area contributed by atoms with Crippen molar-refractivity contribution in [1.29, 1.82) is 0 Å². The summed E-state index contributed by atoms with van der Waals surface area (Å²) in [5.41, 5.74) is 7.67. The fraction of sp³-hybridized carbons (Fsp3) is 0.625. The highest BCUT2D eigenvalue weighted by atomic mass is 35.5. The van der Waals surface area contributed by atoms with Crippen LogP contribution in [0.5, 0.6) is 0 Å². The van der Waals surface area contributed by atoms with Gasteiger partial charge in [0.1, 0.15) is 0 Å². The van der Waals surface area contributed by atoms with Gasteiger partial charge in [-0.25, -0.2) is 0 Å². The maximum atomic E-state index is 6.11. The van der Waals surface area contributed by atoms with Crippen LogP contribution in [0.4, 0.5) is 5.69 Å². The fourth-order valence-electron chi connectivity index (χ4n) is 3.29. The number of hydrogen-bond acceptors (Lipinski definition) is 2. The molecule has 1 aromatic rings. The number of nitrogens with one attached hydrogen (secondary N) is 1. The molecule has 0 aromatic heterocycles. The van der Waals surface area contributed by atoms with E-state index >= 15 is 0 Å². The number of rotatable bonds is 3. The highest BCUT2D eigenvalue weighted by molar-refractivity contribution is 6.30. The van der Waals surface area contributed by atoms with Crippen LogP contribution in [0.25, 0.3) is 0 Å². The second-order valence-corrected chi connectivity index (χ2v) is 7.20. The maximum absolute atomic E-state index is 6.11. The van der Waals surface area contributed by atoms with E-state index in [2.05, 4.69) is 26.1 Å². The SMILES string of the molecule is CC1CC(C)(C)CCC1(CN)Nc1ccc(Cl)cc1. The fourth-order valence-corrected chi connectivity index (χ4v) is 3.42. The lowest BCUT2D eigenvalue weighted by molar-refractivity contribution is 0.120. The molecule has 19 heavy (non-hydrogen) atoms. The predicted octanol–water partition coefficient (Wildman–Crippen LogP) is 4.30. The molecule has 0 bridgehead atoms. The van der Waals surface area contributed by atoms with Crippen molar-refractivity contribution in [3.63, 3.8) is 0 Å². The molecule has 3 heteroatoms. The molecule has 0 radical (unpaired) electrons. The summed E-state index contributed by atoms with van der Waals surface area (Å²) in [5, 5.41) is 4.44. The average molecular weight is 281 g/mol. The third-order valence-corrected chi connectivity index (χ3v) is 4.90. The van der Waals surface area contributed by atoms with Crippen LogP contribution in [0.3, 0.4) is 0 Å². The molecule has 2 unspecified atom stereocenters. The van der Waals surface area contributed by atoms with Crippen molar-refractivity contribution in [2.45, 2.75) is 45.6 Å². The third-order valence-electron chi connectivity index (χ3n) is 4.65. The normalized spacial score (nSPS) is 30.1. The first kappa shape index (κ1) is 14.7. The molecule has 106 valence electrons. The van der Waals surface area contributed by atoms with Gasteiger partial charge in [-0.05, 0) is 54.9 Å². The summed E-state index contributed by atoms with van der Waals surface area (Å²) >= 11 is 5.94. The summed E-state index contributed by atoms with van der Waals surface area (Å²) in [5.74, 6) is 0.567. The van der Waals surface area contributed by atoms with Gasteiger partial charge in [-0.1, -0.05) is 32.4 Å². The van der Waals surface area contributed by atoms with Crippen LogP contribution >= 0.6 is 11.6 Å². The van der Waals surface area contributed by atoms with E-state index in [9.17, 15) is 0 Å². The Labute approximate surface area is 121 Å². The lowest BCUT2D eigenvalue weighted by atomic mass is 9.63. The van der Waals surface area contributed by atoms with Gasteiger partial charge in [0.05, 0.1) is 5.54 Å². The second kappa shape index (κ2) is 5.34. The van der Waals surface area contributed by atoms with E-state index in [1.807, 2.05) is 24.3 Å². The van der Waals surface area contributed by atoms with Crippen LogP contribution in [0, 0.1) is 11.3 Å². The maximum Gasteiger partial charge on any atom is 0.0521 e. The van der Waals surface area contributed by atoms with Gasteiger partial charge in [0.15, 0.2) is 0 Å². The summed E-state index contributed by atoms with van der Waals surface area (Å²) < 4.78 is 0. The lowest BCUT2D eigenvalue weighted by Gasteiger charge is -2.49. The highest BCUT2D eigenvalue weighted by Gasteiger charge is 2.42. The molecule has 2 nitrogen and oxygen atoms in total. The molecule has 0 aliphatic heterocycles. The summed E-state index contributed by atoms with van der Waals surface area (Å²) in [6.07, 6.45) is 3.56.